The van der Waals surface area contributed by atoms with Gasteiger partial charge in [-0.15, -0.1) is 0 Å². The van der Waals surface area contributed by atoms with E-state index >= 15 is 0 Å². The molecule has 0 bridgehead atoms. The van der Waals surface area contributed by atoms with E-state index in [0.29, 0.717) is 25.5 Å². The van der Waals surface area contributed by atoms with E-state index < -0.39 is 0 Å². The van der Waals surface area contributed by atoms with Gasteiger partial charge in [0.1, 0.15) is 11.6 Å². The maximum atomic E-state index is 13.1. The Morgan fingerprint density at radius 3 is 2.45 bits per heavy atom. The minimum absolute atomic E-state index is 0.166. The molecular formula is C23H23FN2O3. The lowest BCUT2D eigenvalue weighted by molar-refractivity contribution is 0.0331. The van der Waals surface area contributed by atoms with Crippen molar-refractivity contribution in [2.24, 2.45) is 0 Å². The topological polar surface area (TPSA) is 54.7 Å². The summed E-state index contributed by atoms with van der Waals surface area (Å²) in [5.41, 5.74) is 1.76. The molecule has 1 saturated heterocycles. The van der Waals surface area contributed by atoms with Crippen molar-refractivity contribution >= 4 is 5.91 Å². The Kier molecular flexibility index (Phi) is 6.03. The van der Waals surface area contributed by atoms with Gasteiger partial charge < -0.3 is 14.5 Å². The highest BCUT2D eigenvalue weighted by Gasteiger charge is 2.22. The third-order valence-electron chi connectivity index (χ3n) is 5.01. The van der Waals surface area contributed by atoms with Crippen LogP contribution in [0.4, 0.5) is 4.39 Å². The number of nitrogens with one attached hydrogen (secondary N) is 1. The van der Waals surface area contributed by atoms with Crippen molar-refractivity contribution in [3.63, 3.8) is 0 Å². The molecule has 6 heteroatoms. The molecule has 1 unspecified atom stereocenters. The molecule has 1 atom stereocenters. The summed E-state index contributed by atoms with van der Waals surface area (Å²) in [6, 6.07) is 19.1. The molecule has 1 N–H and O–H groups in total. The van der Waals surface area contributed by atoms with Crippen LogP contribution in [0.3, 0.4) is 0 Å². The Hall–Kier alpha value is -2.96. The van der Waals surface area contributed by atoms with Gasteiger partial charge in [0.15, 0.2) is 5.76 Å². The Balaban J connectivity index is 1.49. The number of furan rings is 1. The summed E-state index contributed by atoms with van der Waals surface area (Å²) in [7, 11) is 0. The van der Waals surface area contributed by atoms with Crippen LogP contribution in [0.15, 0.2) is 71.1 Å². The predicted molar refractivity (Wildman–Crippen MR) is 108 cm³/mol. The van der Waals surface area contributed by atoms with Crippen LogP contribution >= 0.6 is 0 Å². The first-order valence-corrected chi connectivity index (χ1v) is 9.71. The average Bonchev–Trinajstić information content (AvgIpc) is 3.26. The largest absolute Gasteiger partial charge is 0.451 e. The van der Waals surface area contributed by atoms with E-state index in [0.717, 1.165) is 24.2 Å². The van der Waals surface area contributed by atoms with Crippen LogP contribution in [-0.2, 0) is 4.74 Å². The molecule has 0 saturated carbocycles. The summed E-state index contributed by atoms with van der Waals surface area (Å²) in [4.78, 5) is 15.1. The van der Waals surface area contributed by atoms with Crippen molar-refractivity contribution in [3.05, 3.63) is 83.9 Å². The van der Waals surface area contributed by atoms with Crippen molar-refractivity contribution in [2.75, 3.05) is 32.8 Å². The molecule has 1 aliphatic rings. The number of ether oxygens (including phenoxy) is 1. The number of carbonyl (C=O) groups is 1. The Morgan fingerprint density at radius 2 is 1.72 bits per heavy atom. The number of hydrogen-bond acceptors (Lipinski definition) is 4. The number of benzene rings is 2. The first-order valence-electron chi connectivity index (χ1n) is 9.71. The minimum atomic E-state index is -0.313. The van der Waals surface area contributed by atoms with Crippen LogP contribution in [-0.4, -0.2) is 43.7 Å². The van der Waals surface area contributed by atoms with Crippen LogP contribution in [0.25, 0.3) is 11.3 Å². The van der Waals surface area contributed by atoms with E-state index in [1.807, 2.05) is 30.3 Å². The fourth-order valence-corrected chi connectivity index (χ4v) is 3.42. The van der Waals surface area contributed by atoms with Gasteiger partial charge in [-0.1, -0.05) is 30.3 Å². The van der Waals surface area contributed by atoms with Crippen molar-refractivity contribution < 1.29 is 18.3 Å². The number of morpholine rings is 1. The van der Waals surface area contributed by atoms with Gasteiger partial charge in [-0.2, -0.15) is 0 Å². The highest BCUT2D eigenvalue weighted by atomic mass is 19.1. The summed E-state index contributed by atoms with van der Waals surface area (Å²) in [5, 5.41) is 3.10. The van der Waals surface area contributed by atoms with Gasteiger partial charge in [-0.3, -0.25) is 9.69 Å². The number of nitrogens with zero attached hydrogens (tertiary/aromatic N) is 1. The smallest absolute Gasteiger partial charge is 0.287 e. The van der Waals surface area contributed by atoms with E-state index in [9.17, 15) is 9.18 Å². The number of halogens is 1. The van der Waals surface area contributed by atoms with E-state index in [4.69, 9.17) is 9.15 Å². The van der Waals surface area contributed by atoms with Gasteiger partial charge >= 0.3 is 0 Å². The van der Waals surface area contributed by atoms with E-state index in [2.05, 4.69) is 10.2 Å². The molecule has 2 aromatic carbocycles. The number of amides is 1. The van der Waals surface area contributed by atoms with Crippen LogP contribution in [0.2, 0.25) is 0 Å². The molecule has 0 spiro atoms. The normalized spacial score (nSPS) is 15.8. The molecule has 0 aliphatic carbocycles. The van der Waals surface area contributed by atoms with E-state index in [-0.39, 0.29) is 23.5 Å². The minimum Gasteiger partial charge on any atom is -0.451 e. The van der Waals surface area contributed by atoms with Crippen LogP contribution in [0.1, 0.15) is 22.2 Å². The second-order valence-corrected chi connectivity index (χ2v) is 7.02. The summed E-state index contributed by atoms with van der Waals surface area (Å²) < 4.78 is 24.3. The van der Waals surface area contributed by atoms with Crippen molar-refractivity contribution in [3.8, 4) is 11.3 Å². The predicted octanol–water partition coefficient (Wildman–Crippen LogP) is 3.89. The quantitative estimate of drug-likeness (QED) is 0.689. The highest BCUT2D eigenvalue weighted by Crippen LogP contribution is 2.23. The first kappa shape index (κ1) is 19.4. The molecule has 3 aromatic rings. The lowest BCUT2D eigenvalue weighted by Crippen LogP contribution is -2.43. The third-order valence-corrected chi connectivity index (χ3v) is 5.01. The van der Waals surface area contributed by atoms with E-state index in [1.165, 1.54) is 12.1 Å². The Labute approximate surface area is 169 Å². The maximum absolute atomic E-state index is 13.1. The second-order valence-electron chi connectivity index (χ2n) is 7.02. The monoisotopic (exact) mass is 394 g/mol. The number of hydrogen-bond donors (Lipinski definition) is 1. The van der Waals surface area contributed by atoms with Gasteiger partial charge in [-0.25, -0.2) is 4.39 Å². The molecule has 1 aliphatic heterocycles. The highest BCUT2D eigenvalue weighted by molar-refractivity contribution is 5.92. The summed E-state index contributed by atoms with van der Waals surface area (Å²) >= 11 is 0. The molecule has 4 rings (SSSR count). The fraction of sp³-hybridized carbons (Fsp3) is 0.261. The SMILES string of the molecule is O=C(NC(CN1CCOCC1)c1ccccc1)c1ccc(-c2ccc(F)cc2)o1. The zero-order chi connectivity index (χ0) is 20.1. The van der Waals surface area contributed by atoms with Crippen LogP contribution in [0, 0.1) is 5.82 Å². The molecule has 2 heterocycles. The Morgan fingerprint density at radius 1 is 1.00 bits per heavy atom. The molecule has 29 heavy (non-hydrogen) atoms. The molecule has 150 valence electrons. The van der Waals surface area contributed by atoms with E-state index in [1.54, 1.807) is 24.3 Å². The molecule has 0 radical (unpaired) electrons. The van der Waals surface area contributed by atoms with Crippen LogP contribution in [0.5, 0.6) is 0 Å². The van der Waals surface area contributed by atoms with Crippen molar-refractivity contribution in [2.45, 2.75) is 6.04 Å². The molecule has 1 fully saturated rings. The van der Waals surface area contributed by atoms with Gasteiger partial charge in [0.25, 0.3) is 5.91 Å². The van der Waals surface area contributed by atoms with Crippen molar-refractivity contribution in [1.82, 2.24) is 10.2 Å². The van der Waals surface area contributed by atoms with Crippen molar-refractivity contribution in [1.29, 1.82) is 0 Å². The molecule has 5 nitrogen and oxygen atoms in total. The zero-order valence-electron chi connectivity index (χ0n) is 16.0. The summed E-state index contributed by atoms with van der Waals surface area (Å²) in [5.74, 6) is 0.166. The fourth-order valence-electron chi connectivity index (χ4n) is 3.42. The zero-order valence-corrected chi connectivity index (χ0v) is 16.0. The first-order chi connectivity index (χ1) is 14.2. The van der Waals surface area contributed by atoms with Gasteiger partial charge in [0.05, 0.1) is 19.3 Å². The van der Waals surface area contributed by atoms with Crippen LogP contribution < -0.4 is 5.32 Å². The van der Waals surface area contributed by atoms with Gasteiger partial charge in [-0.05, 0) is 42.0 Å². The molecular weight excluding hydrogens is 371 g/mol. The standard InChI is InChI=1S/C23H23FN2O3/c24-19-8-6-18(7-9-19)21-10-11-22(29-21)23(27)25-20(17-4-2-1-3-5-17)16-26-12-14-28-15-13-26/h1-11,20H,12-16H2,(H,25,27). The summed E-state index contributed by atoms with van der Waals surface area (Å²) in [6.07, 6.45) is 0. The summed E-state index contributed by atoms with van der Waals surface area (Å²) in [6.45, 7) is 3.79. The number of rotatable bonds is 6. The Bertz CT molecular complexity index is 934. The lowest BCUT2D eigenvalue weighted by Gasteiger charge is -2.31. The molecule has 1 aromatic heterocycles. The second kappa shape index (κ2) is 9.03. The maximum Gasteiger partial charge on any atom is 0.287 e. The lowest BCUT2D eigenvalue weighted by atomic mass is 10.1. The average molecular weight is 394 g/mol. The van der Waals surface area contributed by atoms with Gasteiger partial charge in [0.2, 0.25) is 0 Å². The third kappa shape index (κ3) is 4.91. The van der Waals surface area contributed by atoms with Gasteiger partial charge in [0, 0.05) is 25.2 Å². The number of carbonyl (C=O) groups excluding carboxylic acids is 1. The molecule has 1 amide bonds.